The number of aliphatic carboxylic acids is 1. The molecule has 46 heavy (non-hydrogen) atoms. The minimum atomic E-state index is -5.08. The lowest BCUT2D eigenvalue weighted by Gasteiger charge is -2.12. The van der Waals surface area contributed by atoms with Crippen LogP contribution in [0.15, 0.2) is 58.8 Å². The lowest BCUT2D eigenvalue weighted by molar-refractivity contribution is -0.192. The molecule has 4 aromatic rings. The van der Waals surface area contributed by atoms with E-state index in [2.05, 4.69) is 20.5 Å². The number of nitrogens with zero attached hydrogens (tertiary/aromatic N) is 2. The third kappa shape index (κ3) is 8.62. The van der Waals surface area contributed by atoms with Crippen LogP contribution in [0.2, 0.25) is 4.34 Å². The van der Waals surface area contributed by atoms with Gasteiger partial charge in [-0.2, -0.15) is 18.3 Å². The van der Waals surface area contributed by atoms with Crippen LogP contribution in [0.4, 0.5) is 27.8 Å². The lowest BCUT2D eigenvalue weighted by Crippen LogP contribution is -2.40. The Balaban J connectivity index is 0.000000617. The number of carbonyl (C=O) groups excluding carboxylic acids is 1. The van der Waals surface area contributed by atoms with Crippen LogP contribution in [0, 0.1) is 0 Å². The van der Waals surface area contributed by atoms with Gasteiger partial charge in [-0.3, -0.25) is 19.5 Å². The molecule has 0 radical (unpaired) electrons. The minimum Gasteiger partial charge on any atom is -0.496 e. The summed E-state index contributed by atoms with van der Waals surface area (Å²) in [6, 6.07) is 14.7. The Bertz CT molecular complexity index is 1850. The van der Waals surface area contributed by atoms with Crippen LogP contribution in [-0.4, -0.2) is 67.0 Å². The molecule has 19 heteroatoms. The second-order valence-electron chi connectivity index (χ2n) is 9.86. The molecule has 0 saturated carbocycles. The van der Waals surface area contributed by atoms with Crippen molar-refractivity contribution in [3.63, 3.8) is 0 Å². The third-order valence-electron chi connectivity index (χ3n) is 6.46. The smallest absolute Gasteiger partial charge is 0.490 e. The summed E-state index contributed by atoms with van der Waals surface area (Å²) >= 11 is 6.87. The van der Waals surface area contributed by atoms with Crippen molar-refractivity contribution in [3.8, 4) is 5.75 Å². The van der Waals surface area contributed by atoms with E-state index < -0.39 is 53.0 Å². The molecule has 1 aliphatic heterocycles. The predicted octanol–water partition coefficient (Wildman–Crippen LogP) is 4.86. The number of thiophene rings is 1. The van der Waals surface area contributed by atoms with E-state index in [-0.39, 0.29) is 23.1 Å². The molecule has 248 valence electrons. The Morgan fingerprint density at radius 2 is 1.85 bits per heavy atom. The number of carboxylic acids is 1. The number of carbonyl (C=O) groups is 2. The number of amides is 1. The first-order valence-electron chi connectivity index (χ1n) is 13.1. The van der Waals surface area contributed by atoms with Gasteiger partial charge in [-0.25, -0.2) is 22.0 Å². The molecule has 11 nitrogen and oxygen atoms in total. The molecular formula is C27H25ClF5N5O6S2. The molecule has 4 N–H and O–H groups in total. The quantitative estimate of drug-likeness (QED) is 0.180. The van der Waals surface area contributed by atoms with Crippen LogP contribution >= 0.6 is 22.9 Å². The van der Waals surface area contributed by atoms with Crippen LogP contribution in [0.25, 0.3) is 10.9 Å². The highest BCUT2D eigenvalue weighted by Gasteiger charge is 2.42. The number of aromatic nitrogens is 2. The van der Waals surface area contributed by atoms with Crippen molar-refractivity contribution < 1.29 is 49.8 Å². The molecule has 1 saturated heterocycles. The van der Waals surface area contributed by atoms with Crippen LogP contribution in [0.1, 0.15) is 17.5 Å². The van der Waals surface area contributed by atoms with Gasteiger partial charge < -0.3 is 15.2 Å². The van der Waals surface area contributed by atoms with E-state index in [0.29, 0.717) is 21.0 Å². The Labute approximate surface area is 267 Å². The average molecular weight is 710 g/mol. The van der Waals surface area contributed by atoms with E-state index in [1.54, 1.807) is 22.9 Å². The first-order valence-corrected chi connectivity index (χ1v) is 15.8. The highest BCUT2D eigenvalue weighted by atomic mass is 35.5. The summed E-state index contributed by atoms with van der Waals surface area (Å²) in [5.74, 6) is -5.57. The van der Waals surface area contributed by atoms with E-state index in [9.17, 15) is 35.2 Å². The fourth-order valence-corrected chi connectivity index (χ4v) is 6.90. The summed E-state index contributed by atoms with van der Waals surface area (Å²) in [4.78, 5) is 21.2. The lowest BCUT2D eigenvalue weighted by atomic mass is 10.1. The van der Waals surface area contributed by atoms with E-state index in [1.165, 1.54) is 19.2 Å². The molecule has 1 atom stereocenters. The monoisotopic (exact) mass is 709 g/mol. The van der Waals surface area contributed by atoms with Crippen LogP contribution in [0.5, 0.6) is 5.75 Å². The maximum absolute atomic E-state index is 13.4. The summed E-state index contributed by atoms with van der Waals surface area (Å²) in [7, 11) is -2.46. The second-order valence-corrected chi connectivity index (χ2v) is 13.5. The Morgan fingerprint density at radius 3 is 2.43 bits per heavy atom. The molecule has 1 amide bonds. The number of ether oxygens (including phenoxy) is 1. The summed E-state index contributed by atoms with van der Waals surface area (Å²) in [5.41, 5.74) is 2.25. The van der Waals surface area contributed by atoms with Crippen molar-refractivity contribution in [2.24, 2.45) is 0 Å². The van der Waals surface area contributed by atoms with Crippen molar-refractivity contribution in [1.82, 2.24) is 20.4 Å². The molecule has 1 fully saturated rings. The van der Waals surface area contributed by atoms with E-state index >= 15 is 0 Å². The van der Waals surface area contributed by atoms with Gasteiger partial charge in [-0.1, -0.05) is 41.9 Å². The summed E-state index contributed by atoms with van der Waals surface area (Å²) < 4.78 is 94.7. The van der Waals surface area contributed by atoms with Gasteiger partial charge in [0.25, 0.3) is 15.9 Å². The van der Waals surface area contributed by atoms with Gasteiger partial charge in [-0.15, -0.1) is 11.3 Å². The number of hydrogen-bond acceptors (Lipinski definition) is 8. The fourth-order valence-electron chi connectivity index (χ4n) is 4.40. The largest absolute Gasteiger partial charge is 0.496 e. The third-order valence-corrected chi connectivity index (χ3v) is 9.53. The molecule has 1 unspecified atom stereocenters. The Kier molecular flexibility index (Phi) is 10.4. The Hall–Kier alpha value is -4.00. The van der Waals surface area contributed by atoms with Crippen molar-refractivity contribution in [2.45, 2.75) is 41.9 Å². The zero-order chi connectivity index (χ0) is 33.9. The molecule has 0 spiro atoms. The van der Waals surface area contributed by atoms with E-state index in [1.807, 2.05) is 24.3 Å². The molecule has 5 rings (SSSR count). The average Bonchev–Trinajstić information content (AvgIpc) is 3.68. The van der Waals surface area contributed by atoms with Gasteiger partial charge >= 0.3 is 12.1 Å². The van der Waals surface area contributed by atoms with E-state index in [0.717, 1.165) is 22.5 Å². The number of halogens is 6. The maximum atomic E-state index is 13.4. The van der Waals surface area contributed by atoms with Gasteiger partial charge in [0, 0.05) is 13.0 Å². The molecular weight excluding hydrogens is 685 g/mol. The number of nitrogens with one attached hydrogen (secondary N) is 3. The summed E-state index contributed by atoms with van der Waals surface area (Å²) in [6.45, 7) is -0.0602. The summed E-state index contributed by atoms with van der Waals surface area (Å²) in [5, 5.41) is 17.4. The van der Waals surface area contributed by atoms with Gasteiger partial charge in [0.1, 0.15) is 9.96 Å². The van der Waals surface area contributed by atoms with Gasteiger partial charge in [0.05, 0.1) is 41.5 Å². The van der Waals surface area contributed by atoms with Crippen molar-refractivity contribution in [2.75, 3.05) is 18.4 Å². The SMILES string of the molecule is COc1cccc2c1c(NS(=O)(=O)c1ccc(Cl)s1)nn2Cc1cccc(CNC(=O)C2CC(F)(F)CN2)c1.O=C(O)C(F)(F)F. The number of rotatable bonds is 9. The zero-order valence-electron chi connectivity index (χ0n) is 23.6. The molecule has 1 aliphatic rings. The normalized spacial score (nSPS) is 16.0. The molecule has 2 aromatic carbocycles. The number of carboxylic acid groups (broad SMARTS) is 1. The highest BCUT2D eigenvalue weighted by Crippen LogP contribution is 2.35. The number of hydrogen-bond donors (Lipinski definition) is 4. The number of fused-ring (bicyclic) bond motifs is 1. The molecule has 0 aliphatic carbocycles. The molecule has 2 aromatic heterocycles. The number of sulfonamides is 1. The predicted molar refractivity (Wildman–Crippen MR) is 159 cm³/mol. The molecule has 0 bridgehead atoms. The van der Waals surface area contributed by atoms with Gasteiger partial charge in [0.15, 0.2) is 5.82 Å². The topological polar surface area (TPSA) is 152 Å². The van der Waals surface area contributed by atoms with Gasteiger partial charge in [-0.05, 0) is 35.4 Å². The standard InChI is InChI=1S/C25H24ClF2N5O4S2.C2HF3O2/c1-37-19-7-3-6-18-22(19)23(32-39(35,36)21-9-8-20(26)38-21)31-33(18)13-16-5-2-4-15(10-16)12-29-24(34)17-11-25(27,28)14-30-17;3-2(4,5)1(6)7/h2-10,17,30H,11-14H2,1H3,(H,29,34)(H,31,32);(H,6,7). The number of methoxy groups -OCH3 is 1. The fraction of sp³-hybridized carbons (Fsp3) is 0.296. The number of benzene rings is 2. The van der Waals surface area contributed by atoms with Crippen molar-refractivity contribution >= 4 is 61.6 Å². The first kappa shape index (κ1) is 34.9. The first-order chi connectivity index (χ1) is 21.5. The van der Waals surface area contributed by atoms with Crippen LogP contribution in [-0.2, 0) is 32.7 Å². The highest BCUT2D eigenvalue weighted by molar-refractivity contribution is 7.94. The van der Waals surface area contributed by atoms with Crippen LogP contribution in [0.3, 0.4) is 0 Å². The maximum Gasteiger partial charge on any atom is 0.490 e. The second kappa shape index (κ2) is 13.8. The van der Waals surface area contributed by atoms with Crippen molar-refractivity contribution in [3.05, 3.63) is 70.1 Å². The Morgan fingerprint density at radius 1 is 1.17 bits per heavy atom. The summed E-state index contributed by atoms with van der Waals surface area (Å²) in [6.07, 6.45) is -5.61. The minimum absolute atomic E-state index is 0.0522. The number of anilines is 1. The van der Waals surface area contributed by atoms with Gasteiger partial charge in [0.2, 0.25) is 5.91 Å². The number of alkyl halides is 5. The molecule has 3 heterocycles. The van der Waals surface area contributed by atoms with Crippen molar-refractivity contribution in [1.29, 1.82) is 0 Å². The zero-order valence-corrected chi connectivity index (χ0v) is 26.0. The van der Waals surface area contributed by atoms with Crippen LogP contribution < -0.4 is 20.1 Å². The van der Waals surface area contributed by atoms with E-state index in [4.69, 9.17) is 26.2 Å².